The minimum Gasteiger partial charge on any atom is -0.379 e. The van der Waals surface area contributed by atoms with Crippen molar-refractivity contribution in [2.24, 2.45) is 5.92 Å². The number of nitrogens with one attached hydrogen (secondary N) is 2. The highest BCUT2D eigenvalue weighted by molar-refractivity contribution is 6.29. The van der Waals surface area contributed by atoms with E-state index in [0.717, 1.165) is 6.54 Å². The third-order valence-electron chi connectivity index (χ3n) is 2.88. The van der Waals surface area contributed by atoms with Crippen molar-refractivity contribution >= 4 is 23.2 Å². The van der Waals surface area contributed by atoms with Crippen LogP contribution in [0, 0.1) is 5.92 Å². The second kappa shape index (κ2) is 6.13. The van der Waals surface area contributed by atoms with Gasteiger partial charge in [-0.05, 0) is 18.7 Å². The maximum absolute atomic E-state index is 12.1. The number of carbonyl (C=O) groups excluding carboxylic acids is 1. The van der Waals surface area contributed by atoms with Gasteiger partial charge in [0.15, 0.2) is 0 Å². The first-order valence-electron chi connectivity index (χ1n) is 5.94. The molecular weight excluding hydrogens is 254 g/mol. The summed E-state index contributed by atoms with van der Waals surface area (Å²) in [5, 5.41) is 6.44. The van der Waals surface area contributed by atoms with E-state index in [9.17, 15) is 4.79 Å². The zero-order valence-electron chi connectivity index (χ0n) is 10.1. The maximum atomic E-state index is 12.1. The molecule has 1 aliphatic rings. The van der Waals surface area contributed by atoms with Gasteiger partial charge in [0.1, 0.15) is 5.15 Å². The van der Waals surface area contributed by atoms with Crippen LogP contribution < -0.4 is 10.6 Å². The van der Waals surface area contributed by atoms with Crippen molar-refractivity contribution in [1.29, 1.82) is 0 Å². The Bertz CT molecular complexity index is 428. The van der Waals surface area contributed by atoms with Crippen LogP contribution in [0.4, 0.5) is 5.69 Å². The molecule has 5 nitrogen and oxygen atoms in total. The molecule has 98 valence electrons. The van der Waals surface area contributed by atoms with E-state index < -0.39 is 0 Å². The number of rotatable bonds is 4. The van der Waals surface area contributed by atoms with Crippen LogP contribution in [-0.2, 0) is 9.53 Å². The SMILES string of the molecule is CCNC1COCC1C(=O)Nc1ccnc(Cl)c1. The molecule has 1 aromatic rings. The van der Waals surface area contributed by atoms with Gasteiger partial charge >= 0.3 is 0 Å². The zero-order chi connectivity index (χ0) is 13.0. The fraction of sp³-hybridized carbons (Fsp3) is 0.500. The molecule has 1 aliphatic heterocycles. The monoisotopic (exact) mass is 269 g/mol. The molecule has 0 saturated carbocycles. The number of pyridine rings is 1. The fourth-order valence-electron chi connectivity index (χ4n) is 1.99. The molecule has 2 unspecified atom stereocenters. The smallest absolute Gasteiger partial charge is 0.231 e. The number of ether oxygens (including phenoxy) is 1. The van der Waals surface area contributed by atoms with E-state index in [4.69, 9.17) is 16.3 Å². The Morgan fingerprint density at radius 2 is 2.44 bits per heavy atom. The number of anilines is 1. The van der Waals surface area contributed by atoms with Gasteiger partial charge in [-0.15, -0.1) is 0 Å². The molecule has 18 heavy (non-hydrogen) atoms. The number of nitrogens with zero attached hydrogens (tertiary/aromatic N) is 1. The average molecular weight is 270 g/mol. The van der Waals surface area contributed by atoms with Crippen LogP contribution in [0.3, 0.4) is 0 Å². The fourth-order valence-corrected chi connectivity index (χ4v) is 2.17. The summed E-state index contributed by atoms with van der Waals surface area (Å²) in [6, 6.07) is 3.41. The summed E-state index contributed by atoms with van der Waals surface area (Å²) in [6.45, 7) is 3.85. The second-order valence-electron chi connectivity index (χ2n) is 4.16. The van der Waals surface area contributed by atoms with Crippen LogP contribution in [0.2, 0.25) is 5.15 Å². The number of hydrogen-bond donors (Lipinski definition) is 2. The molecule has 2 rings (SSSR count). The molecule has 0 spiro atoms. The molecule has 0 aromatic carbocycles. The lowest BCUT2D eigenvalue weighted by Gasteiger charge is -2.17. The van der Waals surface area contributed by atoms with Gasteiger partial charge in [0.2, 0.25) is 5.91 Å². The second-order valence-corrected chi connectivity index (χ2v) is 4.55. The zero-order valence-corrected chi connectivity index (χ0v) is 10.9. The highest BCUT2D eigenvalue weighted by Gasteiger charge is 2.33. The standard InChI is InChI=1S/C12H16ClN3O2/c1-2-14-10-7-18-6-9(10)12(17)16-8-3-4-15-11(13)5-8/h3-5,9-10,14H,2,6-7H2,1H3,(H,15,16,17). The number of halogens is 1. The number of likely N-dealkylation sites (N-methyl/N-ethyl adjacent to an activating group) is 1. The van der Waals surface area contributed by atoms with Crippen molar-refractivity contribution in [2.45, 2.75) is 13.0 Å². The summed E-state index contributed by atoms with van der Waals surface area (Å²) in [4.78, 5) is 16.0. The van der Waals surface area contributed by atoms with E-state index in [0.29, 0.717) is 24.1 Å². The van der Waals surface area contributed by atoms with Crippen molar-refractivity contribution < 1.29 is 9.53 Å². The van der Waals surface area contributed by atoms with Gasteiger partial charge in [-0.2, -0.15) is 0 Å². The summed E-state index contributed by atoms with van der Waals surface area (Å²) in [5.74, 6) is -0.224. The maximum Gasteiger partial charge on any atom is 0.231 e. The summed E-state index contributed by atoms with van der Waals surface area (Å²) in [5.41, 5.74) is 0.655. The molecular formula is C12H16ClN3O2. The Morgan fingerprint density at radius 3 is 3.17 bits per heavy atom. The molecule has 1 aromatic heterocycles. The van der Waals surface area contributed by atoms with Gasteiger partial charge in [0.05, 0.1) is 19.1 Å². The summed E-state index contributed by atoms with van der Waals surface area (Å²) < 4.78 is 5.34. The Labute approximate surface area is 111 Å². The van der Waals surface area contributed by atoms with Crippen molar-refractivity contribution in [3.05, 3.63) is 23.5 Å². The van der Waals surface area contributed by atoms with Gasteiger partial charge in [0, 0.05) is 17.9 Å². The lowest BCUT2D eigenvalue weighted by Crippen LogP contribution is -2.41. The van der Waals surface area contributed by atoms with Crippen molar-refractivity contribution in [2.75, 3.05) is 25.1 Å². The third-order valence-corrected chi connectivity index (χ3v) is 3.08. The van der Waals surface area contributed by atoms with Gasteiger partial charge < -0.3 is 15.4 Å². The molecule has 1 saturated heterocycles. The third kappa shape index (κ3) is 3.19. The minimum absolute atomic E-state index is 0.0549. The first kappa shape index (κ1) is 13.3. The molecule has 1 fully saturated rings. The van der Waals surface area contributed by atoms with E-state index in [-0.39, 0.29) is 17.9 Å². The quantitative estimate of drug-likeness (QED) is 0.809. The lowest BCUT2D eigenvalue weighted by atomic mass is 10.0. The van der Waals surface area contributed by atoms with E-state index in [1.807, 2.05) is 6.92 Å². The number of hydrogen-bond acceptors (Lipinski definition) is 4. The van der Waals surface area contributed by atoms with Crippen molar-refractivity contribution in [3.8, 4) is 0 Å². The molecule has 0 radical (unpaired) electrons. The Hall–Kier alpha value is -1.17. The predicted octanol–water partition coefficient (Wildman–Crippen LogP) is 1.30. The van der Waals surface area contributed by atoms with Crippen LogP contribution in [-0.4, -0.2) is 36.7 Å². The average Bonchev–Trinajstić information content (AvgIpc) is 2.78. The van der Waals surface area contributed by atoms with Gasteiger partial charge in [-0.1, -0.05) is 18.5 Å². The predicted molar refractivity (Wildman–Crippen MR) is 69.7 cm³/mol. The molecule has 2 N–H and O–H groups in total. The molecule has 0 bridgehead atoms. The van der Waals surface area contributed by atoms with Gasteiger partial charge in [-0.25, -0.2) is 4.98 Å². The minimum atomic E-state index is -0.170. The van der Waals surface area contributed by atoms with Crippen LogP contribution in [0.15, 0.2) is 18.3 Å². The largest absolute Gasteiger partial charge is 0.379 e. The van der Waals surface area contributed by atoms with E-state index in [2.05, 4.69) is 15.6 Å². The molecule has 0 aliphatic carbocycles. The Balaban J connectivity index is 1.99. The Kier molecular flexibility index (Phi) is 4.52. The lowest BCUT2D eigenvalue weighted by molar-refractivity contribution is -0.120. The van der Waals surface area contributed by atoms with E-state index in [1.165, 1.54) is 0 Å². The van der Waals surface area contributed by atoms with Crippen molar-refractivity contribution in [1.82, 2.24) is 10.3 Å². The number of aromatic nitrogens is 1. The molecule has 1 amide bonds. The molecule has 2 atom stereocenters. The van der Waals surface area contributed by atoms with Gasteiger partial charge in [-0.3, -0.25) is 4.79 Å². The van der Waals surface area contributed by atoms with Crippen LogP contribution in [0.1, 0.15) is 6.92 Å². The number of amides is 1. The van der Waals surface area contributed by atoms with Crippen LogP contribution in [0.25, 0.3) is 0 Å². The van der Waals surface area contributed by atoms with Gasteiger partial charge in [0.25, 0.3) is 0 Å². The topological polar surface area (TPSA) is 63.2 Å². The van der Waals surface area contributed by atoms with Crippen LogP contribution >= 0.6 is 11.6 Å². The normalized spacial score (nSPS) is 23.0. The van der Waals surface area contributed by atoms with E-state index in [1.54, 1.807) is 18.3 Å². The summed E-state index contributed by atoms with van der Waals surface area (Å²) >= 11 is 5.77. The highest BCUT2D eigenvalue weighted by atomic mass is 35.5. The highest BCUT2D eigenvalue weighted by Crippen LogP contribution is 2.18. The Morgan fingerprint density at radius 1 is 1.61 bits per heavy atom. The summed E-state index contributed by atoms with van der Waals surface area (Å²) in [7, 11) is 0. The van der Waals surface area contributed by atoms with Crippen LogP contribution in [0.5, 0.6) is 0 Å². The van der Waals surface area contributed by atoms with E-state index >= 15 is 0 Å². The van der Waals surface area contributed by atoms with Crippen molar-refractivity contribution in [3.63, 3.8) is 0 Å². The molecule has 6 heteroatoms. The first-order valence-corrected chi connectivity index (χ1v) is 6.32. The number of carbonyl (C=O) groups is 1. The summed E-state index contributed by atoms with van der Waals surface area (Å²) in [6.07, 6.45) is 1.56. The first-order chi connectivity index (χ1) is 8.70. The molecule has 2 heterocycles.